The van der Waals surface area contributed by atoms with E-state index in [-0.39, 0.29) is 6.42 Å². The Bertz CT molecular complexity index is 1040. The van der Waals surface area contributed by atoms with Gasteiger partial charge in [0, 0.05) is 0 Å². The number of rotatable bonds is 38. The standard InChI is InChI=1S/C42H83NO12S/c1-3-5-7-9-11-12-13-14-15-16-17-18-19-20-21-22-23-25-27-29-31-36(46)41(49)43-34(35(45)30-28-26-24-10-8-6-4-2)33-53-42-39(48)40(55-56(50,51)52)38(47)37(32-44)54-42/h34-40,42,44-48H,3-33H2,1-2H3,(H,43,49)(H,50,51,52). The van der Waals surface area contributed by atoms with Crippen molar-refractivity contribution in [3.05, 3.63) is 0 Å². The zero-order valence-electron chi connectivity index (χ0n) is 35.1. The minimum Gasteiger partial charge on any atom is -0.394 e. The number of unbranched alkanes of at least 4 members (excludes halogenated alkanes) is 25. The van der Waals surface area contributed by atoms with Gasteiger partial charge in [0.2, 0.25) is 5.91 Å². The quantitative estimate of drug-likeness (QED) is 0.0244. The maximum absolute atomic E-state index is 13.0. The van der Waals surface area contributed by atoms with Crippen LogP contribution in [0.2, 0.25) is 0 Å². The molecule has 0 aliphatic carbocycles. The van der Waals surface area contributed by atoms with Crippen LogP contribution in [0.5, 0.6) is 0 Å². The van der Waals surface area contributed by atoms with Crippen molar-refractivity contribution in [2.75, 3.05) is 13.2 Å². The van der Waals surface area contributed by atoms with Crippen molar-refractivity contribution in [3.8, 4) is 0 Å². The third kappa shape index (κ3) is 26.2. The molecule has 0 aromatic rings. The molecule has 56 heavy (non-hydrogen) atoms. The summed E-state index contributed by atoms with van der Waals surface area (Å²) in [4.78, 5) is 13.0. The van der Waals surface area contributed by atoms with Crippen molar-refractivity contribution in [1.29, 1.82) is 0 Å². The average Bonchev–Trinajstić information content (AvgIpc) is 3.16. The Labute approximate surface area is 340 Å². The molecule has 0 bridgehead atoms. The number of aliphatic hydroxyl groups is 5. The molecule has 1 rings (SSSR count). The second-order valence-corrected chi connectivity index (χ2v) is 17.2. The largest absolute Gasteiger partial charge is 0.397 e. The smallest absolute Gasteiger partial charge is 0.394 e. The predicted molar refractivity (Wildman–Crippen MR) is 219 cm³/mol. The Morgan fingerprint density at radius 1 is 0.643 bits per heavy atom. The van der Waals surface area contributed by atoms with Crippen LogP contribution in [-0.2, 0) is 28.9 Å². The molecule has 7 N–H and O–H groups in total. The number of nitrogens with one attached hydrogen (secondary N) is 1. The number of hydrogen-bond acceptors (Lipinski definition) is 11. The molecule has 0 aromatic carbocycles. The topological polar surface area (TPSA) is 212 Å². The van der Waals surface area contributed by atoms with Gasteiger partial charge in [-0.1, -0.05) is 187 Å². The van der Waals surface area contributed by atoms with Crippen LogP contribution in [-0.4, -0.2) is 107 Å². The third-order valence-electron chi connectivity index (χ3n) is 11.0. The van der Waals surface area contributed by atoms with Gasteiger partial charge in [-0.25, -0.2) is 4.18 Å². The van der Waals surface area contributed by atoms with E-state index in [0.29, 0.717) is 19.3 Å². The van der Waals surface area contributed by atoms with Gasteiger partial charge in [0.1, 0.15) is 30.5 Å². The van der Waals surface area contributed by atoms with Crippen molar-refractivity contribution in [2.45, 2.75) is 249 Å². The molecule has 8 unspecified atom stereocenters. The summed E-state index contributed by atoms with van der Waals surface area (Å²) in [5.41, 5.74) is 0. The lowest BCUT2D eigenvalue weighted by Crippen LogP contribution is -2.61. The molecule has 13 nitrogen and oxygen atoms in total. The third-order valence-corrected chi connectivity index (χ3v) is 11.5. The van der Waals surface area contributed by atoms with E-state index < -0.39 is 78.5 Å². The molecule has 0 radical (unpaired) electrons. The van der Waals surface area contributed by atoms with Crippen molar-refractivity contribution in [3.63, 3.8) is 0 Å². The van der Waals surface area contributed by atoms with Crippen LogP contribution in [0.1, 0.15) is 200 Å². The van der Waals surface area contributed by atoms with Crippen LogP contribution in [0.25, 0.3) is 0 Å². The highest BCUT2D eigenvalue weighted by atomic mass is 32.3. The van der Waals surface area contributed by atoms with Crippen LogP contribution in [0.4, 0.5) is 0 Å². The first-order valence-corrected chi connectivity index (χ1v) is 23.9. The molecule has 1 aliphatic rings. The second kappa shape index (κ2) is 33.8. The van der Waals surface area contributed by atoms with Crippen molar-refractivity contribution in [1.82, 2.24) is 5.32 Å². The van der Waals surface area contributed by atoms with E-state index in [4.69, 9.17) is 14.0 Å². The number of ether oxygens (including phenoxy) is 2. The van der Waals surface area contributed by atoms with Gasteiger partial charge in [-0.3, -0.25) is 9.35 Å². The summed E-state index contributed by atoms with van der Waals surface area (Å²) in [6.45, 7) is 3.22. The Balaban J connectivity index is 2.42. The minimum absolute atomic E-state index is 0.265. The maximum atomic E-state index is 13.0. The van der Waals surface area contributed by atoms with Gasteiger partial charge in [0.15, 0.2) is 6.29 Å². The number of aliphatic hydroxyl groups excluding tert-OH is 5. The lowest BCUT2D eigenvalue weighted by atomic mass is 9.99. The van der Waals surface area contributed by atoms with Crippen molar-refractivity contribution in [2.24, 2.45) is 0 Å². The van der Waals surface area contributed by atoms with Gasteiger partial charge in [0.05, 0.1) is 25.4 Å². The van der Waals surface area contributed by atoms with E-state index in [1.54, 1.807) is 0 Å². The number of carbonyl (C=O) groups excluding carboxylic acids is 1. The van der Waals surface area contributed by atoms with Crippen LogP contribution >= 0.6 is 0 Å². The molecule has 334 valence electrons. The van der Waals surface area contributed by atoms with E-state index in [1.807, 2.05) is 0 Å². The molecule has 0 saturated carbocycles. The normalized spacial score (nSPS) is 21.9. The Hall–Kier alpha value is -0.940. The SMILES string of the molecule is CCCCCCCCCCCCCCCCCCCCCCC(O)C(=O)NC(COC1OC(CO)C(O)C(OS(=O)(=O)O)C1O)C(O)CCCCCCCCC. The lowest BCUT2D eigenvalue weighted by Gasteiger charge is -2.41. The lowest BCUT2D eigenvalue weighted by molar-refractivity contribution is -0.298. The Kier molecular flexibility index (Phi) is 32.1. The summed E-state index contributed by atoms with van der Waals surface area (Å²) in [7, 11) is -5.10. The highest BCUT2D eigenvalue weighted by Gasteiger charge is 2.48. The fourth-order valence-corrected chi connectivity index (χ4v) is 7.92. The monoisotopic (exact) mass is 826 g/mol. The molecular weight excluding hydrogens is 743 g/mol. The summed E-state index contributed by atoms with van der Waals surface area (Å²) in [5.74, 6) is -0.670. The molecule has 1 aliphatic heterocycles. The van der Waals surface area contributed by atoms with Gasteiger partial charge >= 0.3 is 10.4 Å². The summed E-state index contributed by atoms with van der Waals surface area (Å²) >= 11 is 0. The summed E-state index contributed by atoms with van der Waals surface area (Å²) in [5, 5.41) is 55.0. The second-order valence-electron chi connectivity index (χ2n) is 16.1. The van der Waals surface area contributed by atoms with Crippen LogP contribution in [0, 0.1) is 0 Å². The molecule has 0 spiro atoms. The van der Waals surface area contributed by atoms with Crippen LogP contribution in [0.3, 0.4) is 0 Å². The molecule has 1 amide bonds. The first-order chi connectivity index (χ1) is 26.9. The molecule has 1 fully saturated rings. The van der Waals surface area contributed by atoms with Gasteiger partial charge in [-0.2, -0.15) is 8.42 Å². The van der Waals surface area contributed by atoms with Gasteiger partial charge in [-0.05, 0) is 12.8 Å². The summed E-state index contributed by atoms with van der Waals surface area (Å²) < 4.78 is 47.3. The zero-order chi connectivity index (χ0) is 41.4. The number of carbonyl (C=O) groups is 1. The highest BCUT2D eigenvalue weighted by Crippen LogP contribution is 2.26. The highest BCUT2D eigenvalue weighted by molar-refractivity contribution is 7.80. The number of amides is 1. The molecule has 8 atom stereocenters. The van der Waals surface area contributed by atoms with Gasteiger partial charge < -0.3 is 40.3 Å². The Morgan fingerprint density at radius 3 is 1.43 bits per heavy atom. The van der Waals surface area contributed by atoms with Crippen LogP contribution in [0.15, 0.2) is 0 Å². The van der Waals surface area contributed by atoms with Crippen molar-refractivity contribution < 1.29 is 57.0 Å². The fourth-order valence-electron chi connectivity index (χ4n) is 7.41. The van der Waals surface area contributed by atoms with E-state index >= 15 is 0 Å². The van der Waals surface area contributed by atoms with E-state index in [1.165, 1.54) is 109 Å². The molecule has 0 aromatic heterocycles. The molecule has 14 heteroatoms. The molecule has 1 heterocycles. The molecule has 1 saturated heterocycles. The van der Waals surface area contributed by atoms with Gasteiger partial charge in [-0.15, -0.1) is 0 Å². The number of hydrogen-bond donors (Lipinski definition) is 7. The first kappa shape index (κ1) is 53.1. The average molecular weight is 826 g/mol. The molecular formula is C42H83NO12S. The predicted octanol–water partition coefficient (Wildman–Crippen LogP) is 7.19. The van der Waals surface area contributed by atoms with Crippen LogP contribution < -0.4 is 5.32 Å². The first-order valence-electron chi connectivity index (χ1n) is 22.5. The zero-order valence-corrected chi connectivity index (χ0v) is 35.9. The van der Waals surface area contributed by atoms with E-state index in [2.05, 4.69) is 23.3 Å². The summed E-state index contributed by atoms with van der Waals surface area (Å²) in [6, 6.07) is -1.02. The minimum atomic E-state index is -5.10. The van der Waals surface area contributed by atoms with Crippen molar-refractivity contribution >= 4 is 16.3 Å². The summed E-state index contributed by atoms with van der Waals surface area (Å²) in [6.07, 6.45) is 21.9. The van der Waals surface area contributed by atoms with E-state index in [0.717, 1.165) is 51.4 Å². The van der Waals surface area contributed by atoms with Gasteiger partial charge in [0.25, 0.3) is 0 Å². The Morgan fingerprint density at radius 2 is 1.04 bits per heavy atom. The fraction of sp³-hybridized carbons (Fsp3) is 0.976. The maximum Gasteiger partial charge on any atom is 0.397 e. The van der Waals surface area contributed by atoms with E-state index in [9.17, 15) is 38.7 Å².